The highest BCUT2D eigenvalue weighted by Gasteiger charge is 2.32. The number of hydrogen-bond acceptors (Lipinski definition) is 3. The van der Waals surface area contributed by atoms with E-state index in [0.717, 1.165) is 0 Å². The number of hydrogen-bond donors (Lipinski definition) is 3. The maximum absolute atomic E-state index is 7.17. The molecule has 0 aliphatic heterocycles. The number of rotatable bonds is 8. The second-order valence-corrected chi connectivity index (χ2v) is 9.05. The quantitative estimate of drug-likeness (QED) is 0.467. The first-order valence-electron chi connectivity index (χ1n) is 6.87. The van der Waals surface area contributed by atoms with Crippen LogP contribution in [0.4, 0.5) is 0 Å². The van der Waals surface area contributed by atoms with Gasteiger partial charge in [0.15, 0.2) is 0 Å². The maximum Gasteiger partial charge on any atom is 0.631 e. The molecule has 0 heterocycles. The van der Waals surface area contributed by atoms with Crippen molar-refractivity contribution < 1.29 is 15.1 Å². The highest BCUT2D eigenvalue weighted by molar-refractivity contribution is 7.75. The lowest BCUT2D eigenvalue weighted by atomic mass is 10.3. The lowest BCUT2D eigenvalue weighted by Gasteiger charge is -2.26. The Morgan fingerprint density at radius 1 is 0.647 bits per heavy atom. The van der Waals surface area contributed by atoms with Gasteiger partial charge in [-0.15, -0.1) is 0 Å². The van der Waals surface area contributed by atoms with Crippen molar-refractivity contribution in [1.29, 1.82) is 0 Å². The predicted molar refractivity (Wildman–Crippen MR) is 80.0 cm³/mol. The van der Waals surface area contributed by atoms with E-state index >= 15 is 0 Å². The summed E-state index contributed by atoms with van der Waals surface area (Å²) in [5.41, 5.74) is 0. The van der Waals surface area contributed by atoms with E-state index in [1.807, 2.05) is 0 Å². The van der Waals surface area contributed by atoms with E-state index < -0.39 is 14.6 Å². The van der Waals surface area contributed by atoms with Crippen LogP contribution in [-0.2, 0) is 0 Å². The van der Waals surface area contributed by atoms with Crippen LogP contribution in [0.25, 0.3) is 0 Å². The Morgan fingerprint density at radius 2 is 0.824 bits per heavy atom. The Labute approximate surface area is 108 Å². The molecule has 0 unspecified atom stereocenters. The van der Waals surface area contributed by atoms with Crippen molar-refractivity contribution in [2.45, 2.75) is 53.4 Å². The first kappa shape index (κ1) is 19.7. The Balaban J connectivity index is 0. The monoisotopic (exact) mass is 265 g/mol. The third-order valence-corrected chi connectivity index (χ3v) is 8.38. The molecule has 0 aromatic rings. The summed E-state index contributed by atoms with van der Waals surface area (Å²) in [5.74, 6) is 0. The smallest absolute Gasteiger partial charge is 0.402 e. The molecule has 0 aromatic heterocycles. The Bertz CT molecular complexity index is 124. The second-order valence-electron chi connectivity index (χ2n) is 4.58. The lowest BCUT2D eigenvalue weighted by molar-refractivity contribution is 0.278. The molecule has 0 radical (unpaired) electrons. The van der Waals surface area contributed by atoms with E-state index in [0.29, 0.717) is 0 Å². The summed E-state index contributed by atoms with van der Waals surface area (Å²) < 4.78 is 0. The Morgan fingerprint density at radius 3 is 0.941 bits per heavy atom. The first-order chi connectivity index (χ1) is 7.97. The second kappa shape index (κ2) is 12.8. The fourth-order valence-corrected chi connectivity index (χ4v) is 7.70. The van der Waals surface area contributed by atoms with Crippen LogP contribution in [0, 0.1) is 0 Å². The van der Waals surface area contributed by atoms with Crippen molar-refractivity contribution in [3.63, 3.8) is 0 Å². The molecule has 0 aromatic carbocycles. The predicted octanol–water partition coefficient (Wildman–Crippen LogP) is 2.59. The van der Waals surface area contributed by atoms with Gasteiger partial charge in [0, 0.05) is 7.26 Å². The first-order valence-corrected chi connectivity index (χ1v) is 9.40. The van der Waals surface area contributed by atoms with E-state index in [4.69, 9.17) is 15.1 Å². The fourth-order valence-electron chi connectivity index (χ4n) is 2.57. The molecule has 0 fully saturated rings. The lowest BCUT2D eigenvalue weighted by Crippen LogP contribution is -2.10. The SMILES string of the molecule is CCC[P+](CCC)(CCC)CCC.OB(O)O. The maximum atomic E-state index is 7.17. The zero-order valence-corrected chi connectivity index (χ0v) is 12.9. The van der Waals surface area contributed by atoms with Crippen molar-refractivity contribution in [3.8, 4) is 0 Å². The molecule has 0 bridgehead atoms. The minimum absolute atomic E-state index is 0.496. The van der Waals surface area contributed by atoms with Gasteiger partial charge in [-0.1, -0.05) is 27.7 Å². The molecule has 0 rings (SSSR count). The molecule has 3 nitrogen and oxygen atoms in total. The average molecular weight is 265 g/mol. The van der Waals surface area contributed by atoms with Crippen LogP contribution in [0.5, 0.6) is 0 Å². The zero-order valence-electron chi connectivity index (χ0n) is 12.0. The van der Waals surface area contributed by atoms with Gasteiger partial charge < -0.3 is 15.1 Å². The van der Waals surface area contributed by atoms with Crippen LogP contribution in [-0.4, -0.2) is 47.0 Å². The summed E-state index contributed by atoms with van der Waals surface area (Å²) in [6.45, 7) is 9.43. The van der Waals surface area contributed by atoms with Crippen molar-refractivity contribution in [2.75, 3.05) is 24.6 Å². The van der Waals surface area contributed by atoms with Gasteiger partial charge >= 0.3 is 7.32 Å². The molecule has 17 heavy (non-hydrogen) atoms. The molecule has 3 N–H and O–H groups in total. The minimum Gasteiger partial charge on any atom is -0.402 e. The molecule has 0 atom stereocenters. The molecule has 0 spiro atoms. The summed E-state index contributed by atoms with van der Waals surface area (Å²) in [5, 5.41) is 21.5. The van der Waals surface area contributed by atoms with Gasteiger partial charge in [-0.25, -0.2) is 0 Å². The van der Waals surface area contributed by atoms with E-state index in [-0.39, 0.29) is 0 Å². The molecule has 0 amide bonds. The van der Waals surface area contributed by atoms with E-state index in [1.165, 1.54) is 25.7 Å². The van der Waals surface area contributed by atoms with Crippen LogP contribution in [0.3, 0.4) is 0 Å². The highest BCUT2D eigenvalue weighted by Crippen LogP contribution is 2.60. The summed E-state index contributed by atoms with van der Waals surface area (Å²) in [6, 6.07) is 0. The summed E-state index contributed by atoms with van der Waals surface area (Å²) in [6.07, 6.45) is 11.9. The van der Waals surface area contributed by atoms with Crippen LogP contribution in [0.2, 0.25) is 0 Å². The van der Waals surface area contributed by atoms with Crippen molar-refractivity contribution in [1.82, 2.24) is 0 Å². The van der Waals surface area contributed by atoms with Gasteiger partial charge in [0.05, 0.1) is 24.6 Å². The van der Waals surface area contributed by atoms with Crippen molar-refractivity contribution in [3.05, 3.63) is 0 Å². The molecule has 0 saturated carbocycles. The van der Waals surface area contributed by atoms with Crippen molar-refractivity contribution >= 4 is 14.6 Å². The largest absolute Gasteiger partial charge is 0.631 e. The Hall–Kier alpha value is 0.375. The summed E-state index contributed by atoms with van der Waals surface area (Å²) in [4.78, 5) is 0. The molecular weight excluding hydrogens is 234 g/mol. The third kappa shape index (κ3) is 12.6. The van der Waals surface area contributed by atoms with E-state index in [2.05, 4.69) is 27.7 Å². The molecule has 0 aliphatic rings. The van der Waals surface area contributed by atoms with Gasteiger partial charge in [0.2, 0.25) is 0 Å². The molecule has 0 aliphatic carbocycles. The average Bonchev–Trinajstić information content (AvgIpc) is 2.18. The minimum atomic E-state index is -2.17. The topological polar surface area (TPSA) is 60.7 Å². The molecule has 5 heteroatoms. The van der Waals surface area contributed by atoms with Crippen molar-refractivity contribution in [2.24, 2.45) is 0 Å². The van der Waals surface area contributed by atoms with Crippen LogP contribution >= 0.6 is 7.26 Å². The van der Waals surface area contributed by atoms with Crippen LogP contribution < -0.4 is 0 Å². The highest BCUT2D eigenvalue weighted by atomic mass is 31.2. The normalized spacial score (nSPS) is 10.8. The Kier molecular flexibility index (Phi) is 14.9. The van der Waals surface area contributed by atoms with Gasteiger partial charge in [0.1, 0.15) is 0 Å². The molecular formula is C12H31BO3P+. The summed E-state index contributed by atoms with van der Waals surface area (Å²) >= 11 is 0. The van der Waals surface area contributed by atoms with Crippen LogP contribution in [0.15, 0.2) is 0 Å². The standard InChI is InChI=1S/C12H28P.BH3O3/c1-5-9-13(10-6-2,11-7-3)12-8-4;2-1(3)4/h5-12H2,1-4H3;2-4H/q+1;. The van der Waals surface area contributed by atoms with Crippen LogP contribution in [0.1, 0.15) is 53.4 Å². The van der Waals surface area contributed by atoms with E-state index in [9.17, 15) is 0 Å². The van der Waals surface area contributed by atoms with Gasteiger partial charge in [-0.05, 0) is 25.7 Å². The van der Waals surface area contributed by atoms with Gasteiger partial charge in [0.25, 0.3) is 0 Å². The third-order valence-electron chi connectivity index (χ3n) is 2.79. The molecule has 104 valence electrons. The zero-order chi connectivity index (χ0) is 13.7. The fraction of sp³-hybridized carbons (Fsp3) is 1.00. The summed E-state index contributed by atoms with van der Waals surface area (Å²) in [7, 11) is -2.66. The molecule has 0 saturated heterocycles. The van der Waals surface area contributed by atoms with E-state index in [1.54, 1.807) is 24.6 Å². The van der Waals surface area contributed by atoms with Gasteiger partial charge in [-0.3, -0.25) is 0 Å². The van der Waals surface area contributed by atoms with Gasteiger partial charge in [-0.2, -0.15) is 0 Å².